The molecule has 12 heavy (non-hydrogen) atoms. The van der Waals surface area contributed by atoms with Gasteiger partial charge >= 0.3 is 0 Å². The first-order valence-electron chi connectivity index (χ1n) is 5.48. The van der Waals surface area contributed by atoms with Crippen LogP contribution in [0.5, 0.6) is 0 Å². The topological polar surface area (TPSA) is 3.24 Å². The Kier molecular flexibility index (Phi) is 16.3. The van der Waals surface area contributed by atoms with E-state index in [2.05, 4.69) is 39.5 Å². The molecule has 1 nitrogen and oxygen atoms in total. The number of rotatable bonds is 5. The lowest BCUT2D eigenvalue weighted by Gasteiger charge is -2.13. The van der Waals surface area contributed by atoms with Crippen molar-refractivity contribution in [3.8, 4) is 0 Å². The van der Waals surface area contributed by atoms with Crippen LogP contribution in [0.15, 0.2) is 0 Å². The molecule has 0 aliphatic rings. The van der Waals surface area contributed by atoms with E-state index in [1.165, 1.54) is 38.9 Å². The van der Waals surface area contributed by atoms with E-state index in [-0.39, 0.29) is 0 Å². The molecule has 0 fully saturated rings. The molecule has 0 rings (SSSR count). The maximum atomic E-state index is 2.38. The Bertz CT molecular complexity index is 50.5. The van der Waals surface area contributed by atoms with Gasteiger partial charge in [0, 0.05) is 0 Å². The van der Waals surface area contributed by atoms with Crippen molar-refractivity contribution in [1.82, 2.24) is 4.90 Å². The Hall–Kier alpha value is -0.0400. The van der Waals surface area contributed by atoms with Crippen LogP contribution in [0, 0.1) is 0 Å². The van der Waals surface area contributed by atoms with Gasteiger partial charge in [0.25, 0.3) is 0 Å². The van der Waals surface area contributed by atoms with Crippen molar-refractivity contribution in [1.29, 1.82) is 0 Å². The first kappa shape index (κ1) is 14.5. The van der Waals surface area contributed by atoms with Crippen LogP contribution in [-0.4, -0.2) is 24.5 Å². The highest BCUT2D eigenvalue weighted by atomic mass is 15.1. The highest BCUT2D eigenvalue weighted by Gasteiger charge is 1.89. The van der Waals surface area contributed by atoms with E-state index >= 15 is 0 Å². The maximum Gasteiger partial charge on any atom is -0.00474 e. The van der Waals surface area contributed by atoms with Crippen molar-refractivity contribution in [3.63, 3.8) is 0 Å². The van der Waals surface area contributed by atoms with Crippen LogP contribution >= 0.6 is 0 Å². The van der Waals surface area contributed by atoms with Crippen molar-refractivity contribution in [2.75, 3.05) is 19.6 Å². The summed E-state index contributed by atoms with van der Waals surface area (Å²) >= 11 is 0. The second-order valence-electron chi connectivity index (χ2n) is 2.97. The molecule has 0 N–H and O–H groups in total. The minimum absolute atomic E-state index is 1.19. The number of nitrogens with zero attached hydrogens (tertiary/aromatic N) is 1. The predicted molar refractivity (Wildman–Crippen MR) is 58.7 cm³/mol. The van der Waals surface area contributed by atoms with Crippen LogP contribution in [0.2, 0.25) is 0 Å². The van der Waals surface area contributed by atoms with E-state index in [0.717, 1.165) is 0 Å². The number of unbranched alkanes of at least 4 members (excludes halogenated alkanes) is 2. The molecule has 0 radical (unpaired) electrons. The van der Waals surface area contributed by atoms with Gasteiger partial charge in [0.2, 0.25) is 0 Å². The minimum atomic E-state index is 1.19. The quantitative estimate of drug-likeness (QED) is 0.614. The third kappa shape index (κ3) is 12.6. The second kappa shape index (κ2) is 13.5. The summed E-state index contributed by atoms with van der Waals surface area (Å²) in [5.41, 5.74) is 0. The molecular weight excluding hydrogens is 146 g/mol. The molecule has 0 spiro atoms. The summed E-state index contributed by atoms with van der Waals surface area (Å²) in [5, 5.41) is 0. The van der Waals surface area contributed by atoms with Crippen molar-refractivity contribution in [3.05, 3.63) is 0 Å². The van der Waals surface area contributed by atoms with E-state index in [0.29, 0.717) is 0 Å². The van der Waals surface area contributed by atoms with Crippen LogP contribution in [0.25, 0.3) is 0 Å². The lowest BCUT2D eigenvalue weighted by molar-refractivity contribution is 0.321. The third-order valence-electron chi connectivity index (χ3n) is 2.05. The van der Waals surface area contributed by atoms with Gasteiger partial charge in [-0.2, -0.15) is 0 Å². The first-order chi connectivity index (χ1) is 5.76. The Morgan fingerprint density at radius 1 is 0.667 bits per heavy atom. The van der Waals surface area contributed by atoms with Crippen molar-refractivity contribution >= 4 is 0 Å². The van der Waals surface area contributed by atoms with Gasteiger partial charge in [-0.3, -0.25) is 0 Å². The fourth-order valence-corrected chi connectivity index (χ4v) is 1.02. The highest BCUT2D eigenvalue weighted by molar-refractivity contribution is 4.43. The van der Waals surface area contributed by atoms with E-state index in [9.17, 15) is 0 Å². The molecule has 0 aliphatic carbocycles. The zero-order chi connectivity index (χ0) is 9.82. The summed E-state index contributed by atoms with van der Waals surface area (Å²) in [6, 6.07) is 0. The summed E-state index contributed by atoms with van der Waals surface area (Å²) < 4.78 is 0. The van der Waals surface area contributed by atoms with Crippen LogP contribution in [0.3, 0.4) is 0 Å². The molecule has 0 amide bonds. The van der Waals surface area contributed by atoms with Gasteiger partial charge in [0.05, 0.1) is 0 Å². The average Bonchev–Trinajstić information content (AvgIpc) is 2.10. The Morgan fingerprint density at radius 3 is 1.00 bits per heavy atom. The van der Waals surface area contributed by atoms with Crippen LogP contribution < -0.4 is 0 Å². The Balaban J connectivity index is 0. The lowest BCUT2D eigenvalue weighted by atomic mass is 10.3. The molecule has 0 aromatic heterocycles. The minimum Gasteiger partial charge on any atom is -0.304 e. The third-order valence-corrected chi connectivity index (χ3v) is 2.05. The predicted octanol–water partition coefficient (Wildman–Crippen LogP) is 3.54. The molecule has 76 valence electrons. The fourth-order valence-electron chi connectivity index (χ4n) is 1.02. The van der Waals surface area contributed by atoms with Crippen LogP contribution in [0.1, 0.15) is 53.9 Å². The average molecular weight is 173 g/mol. The molecule has 0 saturated carbocycles. The van der Waals surface area contributed by atoms with E-state index in [1.807, 2.05) is 0 Å². The standard InChI is InChI=1S/C6H15N.C5H12/c1-4-7(5-2)6-3;1-3-5-4-2/h4-6H2,1-3H3;3-5H2,1-2H3. The van der Waals surface area contributed by atoms with Crippen molar-refractivity contribution in [2.45, 2.75) is 53.9 Å². The van der Waals surface area contributed by atoms with Gasteiger partial charge in [-0.15, -0.1) is 0 Å². The summed E-state index contributed by atoms with van der Waals surface area (Å²) in [6.45, 7) is 14.5. The monoisotopic (exact) mass is 173 g/mol. The smallest absolute Gasteiger partial charge is 0.00474 e. The lowest BCUT2D eigenvalue weighted by Crippen LogP contribution is -2.21. The van der Waals surface area contributed by atoms with E-state index in [1.54, 1.807) is 0 Å². The molecule has 0 aliphatic heterocycles. The highest BCUT2D eigenvalue weighted by Crippen LogP contribution is 1.88. The molecule has 0 bridgehead atoms. The molecule has 0 heterocycles. The van der Waals surface area contributed by atoms with Crippen LogP contribution in [0.4, 0.5) is 0 Å². The SMILES string of the molecule is CCCCC.CCN(CC)CC. The maximum absolute atomic E-state index is 2.38. The van der Waals surface area contributed by atoms with Crippen molar-refractivity contribution < 1.29 is 0 Å². The molecule has 1 heteroatoms. The zero-order valence-corrected chi connectivity index (χ0v) is 9.69. The number of hydrogen-bond donors (Lipinski definition) is 0. The normalized spacial score (nSPS) is 9.50. The van der Waals surface area contributed by atoms with E-state index in [4.69, 9.17) is 0 Å². The Labute approximate surface area is 79.2 Å². The second-order valence-corrected chi connectivity index (χ2v) is 2.97. The van der Waals surface area contributed by atoms with Crippen molar-refractivity contribution in [2.24, 2.45) is 0 Å². The molecule has 0 aromatic carbocycles. The van der Waals surface area contributed by atoms with Gasteiger partial charge in [-0.1, -0.05) is 53.9 Å². The molecule has 0 saturated heterocycles. The summed E-state index contributed by atoms with van der Waals surface area (Å²) in [4.78, 5) is 2.38. The fraction of sp³-hybridized carbons (Fsp3) is 1.00. The van der Waals surface area contributed by atoms with Gasteiger partial charge in [-0.05, 0) is 19.6 Å². The summed E-state index contributed by atoms with van der Waals surface area (Å²) in [6.07, 6.45) is 4.08. The molecular formula is C11H27N. The van der Waals surface area contributed by atoms with Gasteiger partial charge < -0.3 is 4.90 Å². The molecule has 0 aromatic rings. The number of hydrogen-bond acceptors (Lipinski definition) is 1. The zero-order valence-electron chi connectivity index (χ0n) is 9.69. The Morgan fingerprint density at radius 2 is 1.00 bits per heavy atom. The summed E-state index contributed by atoms with van der Waals surface area (Å²) in [7, 11) is 0. The molecule has 0 atom stereocenters. The van der Waals surface area contributed by atoms with Crippen LogP contribution in [-0.2, 0) is 0 Å². The molecule has 0 unspecified atom stereocenters. The first-order valence-corrected chi connectivity index (χ1v) is 5.48. The van der Waals surface area contributed by atoms with Gasteiger partial charge in [0.1, 0.15) is 0 Å². The van der Waals surface area contributed by atoms with Gasteiger partial charge in [0.15, 0.2) is 0 Å². The largest absolute Gasteiger partial charge is 0.304 e. The summed E-state index contributed by atoms with van der Waals surface area (Å²) in [5.74, 6) is 0. The van der Waals surface area contributed by atoms with E-state index < -0.39 is 0 Å². The van der Waals surface area contributed by atoms with Gasteiger partial charge in [-0.25, -0.2) is 0 Å².